The average Bonchev–Trinajstić information content (AvgIpc) is 3.33. The van der Waals surface area contributed by atoms with Crippen molar-refractivity contribution in [1.82, 2.24) is 19.8 Å². The molecule has 0 bridgehead atoms. The highest BCUT2D eigenvalue weighted by atomic mass is 16.2. The summed E-state index contributed by atoms with van der Waals surface area (Å²) in [5, 5.41) is 1.05. The number of benzene rings is 1. The third kappa shape index (κ3) is 3.61. The van der Waals surface area contributed by atoms with Crippen molar-refractivity contribution in [3.8, 4) is 0 Å². The summed E-state index contributed by atoms with van der Waals surface area (Å²) in [5.41, 5.74) is 0.944. The van der Waals surface area contributed by atoms with E-state index in [2.05, 4.69) is 20.9 Å². The first-order valence-corrected chi connectivity index (χ1v) is 11.2. The van der Waals surface area contributed by atoms with Gasteiger partial charge in [0.05, 0.1) is 11.4 Å². The molecule has 1 aromatic carbocycles. The van der Waals surface area contributed by atoms with Gasteiger partial charge in [0.15, 0.2) is 0 Å². The number of nitrogens with zero attached hydrogens (tertiary/aromatic N) is 5. The molecule has 0 N–H and O–H groups in total. The molecule has 3 heterocycles. The minimum atomic E-state index is -0.0465. The van der Waals surface area contributed by atoms with Crippen LogP contribution in [0.15, 0.2) is 30.6 Å². The molecule has 7 heteroatoms. The Morgan fingerprint density at radius 3 is 2.53 bits per heavy atom. The number of likely N-dealkylation sites (tertiary alicyclic amines) is 1. The van der Waals surface area contributed by atoms with Crippen LogP contribution < -0.4 is 4.90 Å². The monoisotopic (exact) mass is 407 g/mol. The zero-order chi connectivity index (χ0) is 20.5. The number of hydrogen-bond donors (Lipinski definition) is 0. The van der Waals surface area contributed by atoms with Crippen LogP contribution in [0.4, 0.5) is 5.82 Å². The Hall–Kier alpha value is -2.70. The Morgan fingerprint density at radius 1 is 0.967 bits per heavy atom. The van der Waals surface area contributed by atoms with E-state index in [1.54, 1.807) is 6.33 Å². The second-order valence-corrected chi connectivity index (χ2v) is 8.75. The lowest BCUT2D eigenvalue weighted by atomic mass is 9.94. The quantitative estimate of drug-likeness (QED) is 0.782. The molecule has 158 valence electrons. The molecule has 5 rings (SSSR count). The minimum Gasteiger partial charge on any atom is -0.352 e. The maximum atomic E-state index is 13.2. The van der Waals surface area contributed by atoms with Crippen LogP contribution in [0.5, 0.6) is 0 Å². The van der Waals surface area contributed by atoms with Crippen LogP contribution in [0.3, 0.4) is 0 Å². The largest absolute Gasteiger partial charge is 0.352 e. The second-order valence-electron chi connectivity index (χ2n) is 8.75. The fourth-order valence-electron chi connectivity index (χ4n) is 5.28. The summed E-state index contributed by atoms with van der Waals surface area (Å²) < 4.78 is 0. The number of para-hydroxylation sites is 1. The van der Waals surface area contributed by atoms with Crippen LogP contribution in [-0.2, 0) is 9.59 Å². The van der Waals surface area contributed by atoms with E-state index < -0.39 is 0 Å². The molecular formula is C23H29N5O2. The molecule has 1 saturated carbocycles. The van der Waals surface area contributed by atoms with Gasteiger partial charge in [-0.1, -0.05) is 25.0 Å². The van der Waals surface area contributed by atoms with Gasteiger partial charge in [-0.3, -0.25) is 9.59 Å². The number of carbonyl (C=O) groups is 2. The topological polar surface area (TPSA) is 69.6 Å². The van der Waals surface area contributed by atoms with Gasteiger partial charge in [-0.05, 0) is 31.4 Å². The molecule has 2 aromatic rings. The molecule has 30 heavy (non-hydrogen) atoms. The number of piperazine rings is 1. The smallest absolute Gasteiger partial charge is 0.227 e. The SMILES string of the molecule is O=C(C1CCC(=O)N(C2CCCC2)C1)N1CCN(c2ncnc3ccccc23)CC1. The van der Waals surface area contributed by atoms with Crippen molar-refractivity contribution >= 4 is 28.5 Å². The van der Waals surface area contributed by atoms with E-state index in [4.69, 9.17) is 0 Å². The fraction of sp³-hybridized carbons (Fsp3) is 0.565. The zero-order valence-electron chi connectivity index (χ0n) is 17.4. The summed E-state index contributed by atoms with van der Waals surface area (Å²) in [6.45, 7) is 3.55. The summed E-state index contributed by atoms with van der Waals surface area (Å²) in [4.78, 5) is 40.8. The maximum Gasteiger partial charge on any atom is 0.227 e. The van der Waals surface area contributed by atoms with Crippen LogP contribution >= 0.6 is 0 Å². The average molecular weight is 408 g/mol. The standard InChI is InChI=1S/C23H29N5O2/c29-21-10-9-17(15-28(21)18-5-1-2-6-18)23(30)27-13-11-26(12-14-27)22-19-7-3-4-8-20(19)24-16-25-22/h3-4,7-8,16-18H,1-2,5-6,9-15H2. The number of aromatic nitrogens is 2. The second kappa shape index (κ2) is 8.20. The van der Waals surface area contributed by atoms with E-state index >= 15 is 0 Å². The summed E-state index contributed by atoms with van der Waals surface area (Å²) in [7, 11) is 0. The van der Waals surface area contributed by atoms with Crippen molar-refractivity contribution in [2.75, 3.05) is 37.6 Å². The predicted molar refractivity (Wildman–Crippen MR) is 115 cm³/mol. The zero-order valence-corrected chi connectivity index (χ0v) is 17.4. The molecule has 1 atom stereocenters. The van der Waals surface area contributed by atoms with Crippen molar-refractivity contribution in [3.63, 3.8) is 0 Å². The molecule has 0 spiro atoms. The number of rotatable bonds is 3. The third-order valence-electron chi connectivity index (χ3n) is 6.97. The van der Waals surface area contributed by atoms with Gasteiger partial charge < -0.3 is 14.7 Å². The van der Waals surface area contributed by atoms with E-state index in [0.717, 1.165) is 42.7 Å². The first-order valence-electron chi connectivity index (χ1n) is 11.2. The normalized spacial score (nSPS) is 23.4. The van der Waals surface area contributed by atoms with Gasteiger partial charge in [0, 0.05) is 50.6 Å². The highest BCUT2D eigenvalue weighted by Gasteiger charge is 2.37. The molecular weight excluding hydrogens is 378 g/mol. The fourth-order valence-corrected chi connectivity index (χ4v) is 5.28. The lowest BCUT2D eigenvalue weighted by Crippen LogP contribution is -2.54. The molecule has 7 nitrogen and oxygen atoms in total. The molecule has 3 fully saturated rings. The molecule has 2 saturated heterocycles. The highest BCUT2D eigenvalue weighted by molar-refractivity contribution is 5.89. The van der Waals surface area contributed by atoms with Crippen molar-refractivity contribution in [3.05, 3.63) is 30.6 Å². The van der Waals surface area contributed by atoms with E-state index in [1.165, 1.54) is 12.8 Å². The minimum absolute atomic E-state index is 0.0465. The molecule has 0 radical (unpaired) electrons. The van der Waals surface area contributed by atoms with Gasteiger partial charge in [-0.15, -0.1) is 0 Å². The predicted octanol–water partition coefficient (Wildman–Crippen LogP) is 2.46. The van der Waals surface area contributed by atoms with Crippen molar-refractivity contribution in [2.45, 2.75) is 44.6 Å². The van der Waals surface area contributed by atoms with Crippen LogP contribution in [0.1, 0.15) is 38.5 Å². The molecule has 1 unspecified atom stereocenters. The number of hydrogen-bond acceptors (Lipinski definition) is 5. The van der Waals surface area contributed by atoms with Crippen LogP contribution in [0, 0.1) is 5.92 Å². The number of piperidine rings is 1. The first-order chi connectivity index (χ1) is 14.7. The molecule has 1 aliphatic carbocycles. The van der Waals surface area contributed by atoms with Crippen LogP contribution in [0.2, 0.25) is 0 Å². The number of fused-ring (bicyclic) bond motifs is 1. The van der Waals surface area contributed by atoms with Gasteiger partial charge in [0.1, 0.15) is 12.1 Å². The highest BCUT2D eigenvalue weighted by Crippen LogP contribution is 2.30. The first kappa shape index (κ1) is 19.3. The van der Waals surface area contributed by atoms with E-state index in [-0.39, 0.29) is 17.7 Å². The molecule has 1 aromatic heterocycles. The van der Waals surface area contributed by atoms with Crippen molar-refractivity contribution in [2.24, 2.45) is 5.92 Å². The van der Waals surface area contributed by atoms with Gasteiger partial charge >= 0.3 is 0 Å². The molecule has 3 aliphatic rings. The Kier molecular flexibility index (Phi) is 5.27. The third-order valence-corrected chi connectivity index (χ3v) is 6.97. The van der Waals surface area contributed by atoms with E-state index in [0.29, 0.717) is 38.5 Å². The van der Waals surface area contributed by atoms with Gasteiger partial charge in [-0.2, -0.15) is 0 Å². The van der Waals surface area contributed by atoms with Crippen LogP contribution in [0.25, 0.3) is 10.9 Å². The lowest BCUT2D eigenvalue weighted by Gasteiger charge is -2.40. The Labute approximate surface area is 177 Å². The molecule has 2 aliphatic heterocycles. The number of carbonyl (C=O) groups excluding carboxylic acids is 2. The Balaban J connectivity index is 1.23. The van der Waals surface area contributed by atoms with Crippen molar-refractivity contribution in [1.29, 1.82) is 0 Å². The summed E-state index contributed by atoms with van der Waals surface area (Å²) >= 11 is 0. The lowest BCUT2D eigenvalue weighted by molar-refractivity contribution is -0.145. The number of anilines is 1. The summed E-state index contributed by atoms with van der Waals surface area (Å²) in [6.07, 6.45) is 7.42. The number of amides is 2. The van der Waals surface area contributed by atoms with Gasteiger partial charge in [0.25, 0.3) is 0 Å². The molecule has 2 amide bonds. The van der Waals surface area contributed by atoms with E-state index in [9.17, 15) is 9.59 Å². The maximum absolute atomic E-state index is 13.2. The van der Waals surface area contributed by atoms with Crippen LogP contribution in [-0.4, -0.2) is 70.3 Å². The van der Waals surface area contributed by atoms with E-state index in [1.807, 2.05) is 28.0 Å². The van der Waals surface area contributed by atoms with Crippen molar-refractivity contribution < 1.29 is 9.59 Å². The Morgan fingerprint density at radius 2 is 1.73 bits per heavy atom. The summed E-state index contributed by atoms with van der Waals surface area (Å²) in [5.74, 6) is 1.36. The summed E-state index contributed by atoms with van der Waals surface area (Å²) in [6, 6.07) is 8.41. The van der Waals surface area contributed by atoms with Gasteiger partial charge in [0.2, 0.25) is 11.8 Å². The Bertz CT molecular complexity index is 929. The van der Waals surface area contributed by atoms with Gasteiger partial charge in [-0.25, -0.2) is 9.97 Å².